The lowest BCUT2D eigenvalue weighted by Crippen LogP contribution is -2.33. The number of carbonyl (C=O) groups excluding carboxylic acids is 1. The van der Waals surface area contributed by atoms with Gasteiger partial charge in [0.2, 0.25) is 5.91 Å². The van der Waals surface area contributed by atoms with Crippen molar-refractivity contribution in [2.75, 3.05) is 6.61 Å². The molecule has 1 aromatic heterocycles. The Bertz CT molecular complexity index is 347. The van der Waals surface area contributed by atoms with Gasteiger partial charge in [-0.25, -0.2) is 0 Å². The number of rotatable bonds is 3. The van der Waals surface area contributed by atoms with Gasteiger partial charge in [-0.2, -0.15) is 0 Å². The van der Waals surface area contributed by atoms with Crippen molar-refractivity contribution in [3.8, 4) is 0 Å². The number of halogens is 1. The summed E-state index contributed by atoms with van der Waals surface area (Å²) in [4.78, 5) is 11.6. The molecule has 1 unspecified atom stereocenters. The average molecular weight is 290 g/mol. The third-order valence-corrected chi connectivity index (χ3v) is 4.18. The maximum Gasteiger partial charge on any atom is 0.249 e. The van der Waals surface area contributed by atoms with Crippen LogP contribution in [0.2, 0.25) is 0 Å². The zero-order valence-corrected chi connectivity index (χ0v) is 10.6. The summed E-state index contributed by atoms with van der Waals surface area (Å²) in [6.45, 7) is 1.28. The van der Waals surface area contributed by atoms with E-state index in [4.69, 9.17) is 4.74 Å². The van der Waals surface area contributed by atoms with Crippen LogP contribution in [-0.4, -0.2) is 18.6 Å². The Balaban J connectivity index is 1.83. The summed E-state index contributed by atoms with van der Waals surface area (Å²) in [6, 6.07) is 2.00. The molecule has 1 aliphatic rings. The SMILES string of the molecule is O=C(NCc1ccsc1Br)C1CCCO1. The fourth-order valence-electron chi connectivity index (χ4n) is 1.53. The third kappa shape index (κ3) is 2.80. The molecule has 3 nitrogen and oxygen atoms in total. The first kappa shape index (κ1) is 11.1. The number of carbonyl (C=O) groups is 1. The van der Waals surface area contributed by atoms with Crippen molar-refractivity contribution in [3.05, 3.63) is 20.8 Å². The van der Waals surface area contributed by atoms with Gasteiger partial charge in [-0.1, -0.05) is 0 Å². The minimum Gasteiger partial charge on any atom is -0.368 e. The van der Waals surface area contributed by atoms with Crippen molar-refractivity contribution in [1.82, 2.24) is 5.32 Å². The molecule has 0 radical (unpaired) electrons. The van der Waals surface area contributed by atoms with Gasteiger partial charge in [0, 0.05) is 13.2 Å². The van der Waals surface area contributed by atoms with E-state index in [-0.39, 0.29) is 12.0 Å². The highest BCUT2D eigenvalue weighted by atomic mass is 79.9. The Morgan fingerprint density at radius 3 is 3.20 bits per heavy atom. The zero-order chi connectivity index (χ0) is 10.7. The Kier molecular flexibility index (Phi) is 3.77. The van der Waals surface area contributed by atoms with Crippen LogP contribution in [0.3, 0.4) is 0 Å². The first-order valence-electron chi connectivity index (χ1n) is 4.88. The molecule has 1 aromatic rings. The molecule has 2 rings (SSSR count). The van der Waals surface area contributed by atoms with Crippen molar-refractivity contribution in [3.63, 3.8) is 0 Å². The summed E-state index contributed by atoms with van der Waals surface area (Å²) in [5.41, 5.74) is 1.12. The van der Waals surface area contributed by atoms with Crippen LogP contribution in [-0.2, 0) is 16.1 Å². The second kappa shape index (κ2) is 5.09. The second-order valence-corrected chi connectivity index (χ2v) is 5.67. The molecule has 1 saturated heterocycles. The fraction of sp³-hybridized carbons (Fsp3) is 0.500. The minimum atomic E-state index is -0.234. The van der Waals surface area contributed by atoms with E-state index >= 15 is 0 Å². The molecule has 0 bridgehead atoms. The second-order valence-electron chi connectivity index (χ2n) is 3.44. The van der Waals surface area contributed by atoms with Crippen LogP contribution in [0.5, 0.6) is 0 Å². The molecule has 2 heterocycles. The van der Waals surface area contributed by atoms with Gasteiger partial charge in [-0.15, -0.1) is 11.3 Å². The van der Waals surface area contributed by atoms with Crippen molar-refractivity contribution in [2.24, 2.45) is 0 Å². The lowest BCUT2D eigenvalue weighted by Gasteiger charge is -2.09. The monoisotopic (exact) mass is 289 g/mol. The maximum absolute atomic E-state index is 11.6. The molecule has 0 spiro atoms. The lowest BCUT2D eigenvalue weighted by atomic mass is 10.2. The van der Waals surface area contributed by atoms with E-state index in [1.165, 1.54) is 0 Å². The van der Waals surface area contributed by atoms with Crippen molar-refractivity contribution in [1.29, 1.82) is 0 Å². The van der Waals surface area contributed by atoms with E-state index in [9.17, 15) is 4.79 Å². The first-order chi connectivity index (χ1) is 7.27. The smallest absolute Gasteiger partial charge is 0.249 e. The number of ether oxygens (including phenoxy) is 1. The standard InChI is InChI=1S/C10H12BrNO2S/c11-9-7(3-5-15-9)6-12-10(13)8-2-1-4-14-8/h3,5,8H,1-2,4,6H2,(H,12,13). The van der Waals surface area contributed by atoms with Crippen molar-refractivity contribution < 1.29 is 9.53 Å². The van der Waals surface area contributed by atoms with E-state index in [1.807, 2.05) is 11.4 Å². The number of thiophene rings is 1. The van der Waals surface area contributed by atoms with Crippen LogP contribution in [0.1, 0.15) is 18.4 Å². The number of hydrogen-bond donors (Lipinski definition) is 1. The molecule has 15 heavy (non-hydrogen) atoms. The van der Waals surface area contributed by atoms with Crippen LogP contribution < -0.4 is 5.32 Å². The predicted molar refractivity (Wildman–Crippen MR) is 62.8 cm³/mol. The Labute approximate surface area is 101 Å². The van der Waals surface area contributed by atoms with Crippen molar-refractivity contribution in [2.45, 2.75) is 25.5 Å². The molecule has 1 amide bonds. The van der Waals surface area contributed by atoms with Gasteiger partial charge < -0.3 is 10.1 Å². The van der Waals surface area contributed by atoms with Crippen LogP contribution in [0.25, 0.3) is 0 Å². The van der Waals surface area contributed by atoms with E-state index < -0.39 is 0 Å². The molecule has 82 valence electrons. The average Bonchev–Trinajstić information content (AvgIpc) is 2.85. The Morgan fingerprint density at radius 2 is 2.60 bits per heavy atom. The highest BCUT2D eigenvalue weighted by Crippen LogP contribution is 2.23. The van der Waals surface area contributed by atoms with Gasteiger partial charge >= 0.3 is 0 Å². The molecule has 1 aliphatic heterocycles. The predicted octanol–water partition coefficient (Wildman–Crippen LogP) is 2.31. The molecule has 1 atom stereocenters. The van der Waals surface area contributed by atoms with Crippen molar-refractivity contribution >= 4 is 33.2 Å². The maximum atomic E-state index is 11.6. The van der Waals surface area contributed by atoms with E-state index in [1.54, 1.807) is 11.3 Å². The van der Waals surface area contributed by atoms with Gasteiger partial charge in [-0.3, -0.25) is 4.79 Å². The molecule has 5 heteroatoms. The summed E-state index contributed by atoms with van der Waals surface area (Å²) >= 11 is 5.06. The van der Waals surface area contributed by atoms with Crippen LogP contribution >= 0.6 is 27.3 Å². The fourth-order valence-corrected chi connectivity index (χ4v) is 2.77. The van der Waals surface area contributed by atoms with E-state index in [0.29, 0.717) is 13.2 Å². The van der Waals surface area contributed by atoms with E-state index in [2.05, 4.69) is 21.2 Å². The minimum absolute atomic E-state index is 0.00519. The third-order valence-electron chi connectivity index (χ3n) is 2.37. The highest BCUT2D eigenvalue weighted by molar-refractivity contribution is 9.11. The van der Waals surface area contributed by atoms with E-state index in [0.717, 1.165) is 22.2 Å². The summed E-state index contributed by atoms with van der Waals surface area (Å²) in [5.74, 6) is 0.00519. The van der Waals surface area contributed by atoms with Gasteiger partial charge in [0.25, 0.3) is 0 Å². The molecule has 0 aliphatic carbocycles. The summed E-state index contributed by atoms with van der Waals surface area (Å²) in [7, 11) is 0. The van der Waals surface area contributed by atoms with Crippen LogP contribution in [0.4, 0.5) is 0 Å². The number of nitrogens with one attached hydrogen (secondary N) is 1. The van der Waals surface area contributed by atoms with Gasteiger partial charge in [0.1, 0.15) is 6.10 Å². The number of hydrogen-bond acceptors (Lipinski definition) is 3. The highest BCUT2D eigenvalue weighted by Gasteiger charge is 2.23. The lowest BCUT2D eigenvalue weighted by molar-refractivity contribution is -0.130. The molecular weight excluding hydrogens is 278 g/mol. The van der Waals surface area contributed by atoms with Gasteiger partial charge in [0.05, 0.1) is 3.79 Å². The van der Waals surface area contributed by atoms with Gasteiger partial charge in [0.15, 0.2) is 0 Å². The molecule has 1 N–H and O–H groups in total. The summed E-state index contributed by atoms with van der Waals surface area (Å²) in [6.07, 6.45) is 1.60. The molecular formula is C10H12BrNO2S. The summed E-state index contributed by atoms with van der Waals surface area (Å²) in [5, 5.41) is 4.88. The molecule has 0 aromatic carbocycles. The topological polar surface area (TPSA) is 38.3 Å². The Hall–Kier alpha value is -0.390. The van der Waals surface area contributed by atoms with Gasteiger partial charge in [-0.05, 0) is 45.8 Å². The zero-order valence-electron chi connectivity index (χ0n) is 8.16. The Morgan fingerprint density at radius 1 is 1.73 bits per heavy atom. The largest absolute Gasteiger partial charge is 0.368 e. The molecule has 0 saturated carbocycles. The summed E-state index contributed by atoms with van der Waals surface area (Å²) < 4.78 is 6.37. The molecule has 1 fully saturated rings. The quantitative estimate of drug-likeness (QED) is 0.927. The van der Waals surface area contributed by atoms with Crippen LogP contribution in [0.15, 0.2) is 15.2 Å². The van der Waals surface area contributed by atoms with Crippen LogP contribution in [0, 0.1) is 0 Å². The normalized spacial score (nSPS) is 20.5. The first-order valence-corrected chi connectivity index (χ1v) is 6.56. The number of amides is 1.